The molecule has 4 N–H and O–H groups in total. The first-order valence-corrected chi connectivity index (χ1v) is 6.52. The fourth-order valence-corrected chi connectivity index (χ4v) is 2.17. The van der Waals surface area contributed by atoms with Crippen LogP contribution in [0.15, 0.2) is 30.3 Å². The van der Waals surface area contributed by atoms with Crippen molar-refractivity contribution in [3.8, 4) is 0 Å². The Morgan fingerprint density at radius 2 is 1.95 bits per heavy atom. The van der Waals surface area contributed by atoms with Crippen LogP contribution in [0.5, 0.6) is 0 Å². The SMILES string of the molecule is OC[C@@H]1C[C@H](O)[C@@](O)(COCc2ccccc2)C(O)O1. The minimum absolute atomic E-state index is 0.0404. The fraction of sp³-hybridized carbons (Fsp3) is 0.571. The maximum Gasteiger partial charge on any atom is 0.189 e. The van der Waals surface area contributed by atoms with E-state index in [1.165, 1.54) is 0 Å². The zero-order valence-corrected chi connectivity index (χ0v) is 11.1. The van der Waals surface area contributed by atoms with Crippen molar-refractivity contribution in [2.24, 2.45) is 0 Å². The van der Waals surface area contributed by atoms with Crippen LogP contribution in [0.1, 0.15) is 12.0 Å². The van der Waals surface area contributed by atoms with Crippen LogP contribution in [0.2, 0.25) is 0 Å². The van der Waals surface area contributed by atoms with Gasteiger partial charge in [0.2, 0.25) is 0 Å². The molecule has 1 saturated heterocycles. The van der Waals surface area contributed by atoms with Gasteiger partial charge in [-0.05, 0) is 5.56 Å². The molecule has 6 heteroatoms. The molecule has 1 aliphatic heterocycles. The average molecular weight is 284 g/mol. The summed E-state index contributed by atoms with van der Waals surface area (Å²) in [5.41, 5.74) is -0.967. The summed E-state index contributed by atoms with van der Waals surface area (Å²) in [7, 11) is 0. The van der Waals surface area contributed by atoms with Crippen LogP contribution in [0.3, 0.4) is 0 Å². The van der Waals surface area contributed by atoms with Crippen LogP contribution in [-0.4, -0.2) is 57.7 Å². The summed E-state index contributed by atoms with van der Waals surface area (Å²) in [6, 6.07) is 9.36. The Morgan fingerprint density at radius 3 is 2.55 bits per heavy atom. The van der Waals surface area contributed by atoms with Crippen LogP contribution < -0.4 is 0 Å². The van der Waals surface area contributed by atoms with Gasteiger partial charge in [0.15, 0.2) is 11.9 Å². The fourth-order valence-electron chi connectivity index (χ4n) is 2.17. The Morgan fingerprint density at radius 1 is 1.25 bits per heavy atom. The molecule has 1 aromatic rings. The van der Waals surface area contributed by atoms with Crippen LogP contribution in [0.4, 0.5) is 0 Å². The lowest BCUT2D eigenvalue weighted by molar-refractivity contribution is -0.311. The number of aliphatic hydroxyl groups is 4. The third-order valence-electron chi connectivity index (χ3n) is 3.46. The van der Waals surface area contributed by atoms with Gasteiger partial charge in [-0.3, -0.25) is 0 Å². The van der Waals surface area contributed by atoms with E-state index in [1.807, 2.05) is 30.3 Å². The van der Waals surface area contributed by atoms with E-state index in [2.05, 4.69) is 0 Å². The van der Waals surface area contributed by atoms with E-state index < -0.39 is 24.1 Å². The Bertz CT molecular complexity index is 397. The molecule has 1 fully saturated rings. The molecule has 112 valence electrons. The van der Waals surface area contributed by atoms with Gasteiger partial charge in [0, 0.05) is 6.42 Å². The highest BCUT2D eigenvalue weighted by atomic mass is 16.6. The van der Waals surface area contributed by atoms with E-state index in [0.29, 0.717) is 0 Å². The van der Waals surface area contributed by atoms with Gasteiger partial charge in [0.25, 0.3) is 0 Å². The van der Waals surface area contributed by atoms with Gasteiger partial charge in [0.05, 0.1) is 32.0 Å². The van der Waals surface area contributed by atoms with E-state index in [0.717, 1.165) is 5.56 Å². The van der Waals surface area contributed by atoms with E-state index in [4.69, 9.17) is 14.6 Å². The van der Waals surface area contributed by atoms with Gasteiger partial charge in [-0.15, -0.1) is 0 Å². The van der Waals surface area contributed by atoms with Crippen molar-refractivity contribution in [1.29, 1.82) is 0 Å². The molecule has 0 saturated carbocycles. The minimum atomic E-state index is -1.89. The normalized spacial score (nSPS) is 34.1. The lowest BCUT2D eigenvalue weighted by Gasteiger charge is -2.42. The molecule has 1 unspecified atom stereocenters. The Labute approximate surface area is 117 Å². The highest BCUT2D eigenvalue weighted by Gasteiger charge is 2.49. The highest BCUT2D eigenvalue weighted by Crippen LogP contribution is 2.28. The minimum Gasteiger partial charge on any atom is -0.394 e. The smallest absolute Gasteiger partial charge is 0.189 e. The molecule has 0 spiro atoms. The lowest BCUT2D eigenvalue weighted by atomic mass is 9.89. The second-order valence-electron chi connectivity index (χ2n) is 5.01. The van der Waals surface area contributed by atoms with E-state index in [1.54, 1.807) is 0 Å². The zero-order chi connectivity index (χ0) is 14.6. The second-order valence-corrected chi connectivity index (χ2v) is 5.01. The second kappa shape index (κ2) is 6.62. The first kappa shape index (κ1) is 15.4. The van der Waals surface area contributed by atoms with Crippen molar-refractivity contribution in [1.82, 2.24) is 0 Å². The van der Waals surface area contributed by atoms with Crippen molar-refractivity contribution >= 4 is 0 Å². The molecule has 4 atom stereocenters. The summed E-state index contributed by atoms with van der Waals surface area (Å²) in [5, 5.41) is 38.9. The molecular formula is C14H20O6. The lowest BCUT2D eigenvalue weighted by Crippen LogP contribution is -2.62. The molecule has 1 aromatic carbocycles. The predicted octanol–water partition coefficient (Wildman–Crippen LogP) is -0.605. The topological polar surface area (TPSA) is 99.4 Å². The number of ether oxygens (including phenoxy) is 2. The van der Waals surface area contributed by atoms with Crippen LogP contribution in [-0.2, 0) is 16.1 Å². The van der Waals surface area contributed by atoms with Gasteiger partial charge in [0.1, 0.15) is 0 Å². The average Bonchev–Trinajstić information content (AvgIpc) is 2.45. The van der Waals surface area contributed by atoms with Crippen LogP contribution in [0, 0.1) is 0 Å². The molecule has 0 amide bonds. The van der Waals surface area contributed by atoms with Crippen molar-refractivity contribution in [3.05, 3.63) is 35.9 Å². The summed E-state index contributed by atoms with van der Waals surface area (Å²) >= 11 is 0. The molecule has 0 bridgehead atoms. The molecule has 0 radical (unpaired) electrons. The third-order valence-corrected chi connectivity index (χ3v) is 3.46. The summed E-state index contributed by atoms with van der Waals surface area (Å²) in [5.74, 6) is 0. The molecule has 0 aromatic heterocycles. The summed E-state index contributed by atoms with van der Waals surface area (Å²) in [6.07, 6.45) is -3.47. The van der Waals surface area contributed by atoms with Gasteiger partial charge in [-0.25, -0.2) is 0 Å². The van der Waals surface area contributed by atoms with Crippen LogP contribution >= 0.6 is 0 Å². The number of rotatable bonds is 5. The zero-order valence-electron chi connectivity index (χ0n) is 11.1. The monoisotopic (exact) mass is 284 g/mol. The van der Waals surface area contributed by atoms with Crippen LogP contribution in [0.25, 0.3) is 0 Å². The molecule has 0 aliphatic carbocycles. The van der Waals surface area contributed by atoms with Crippen molar-refractivity contribution in [2.45, 2.75) is 37.1 Å². The number of hydrogen-bond acceptors (Lipinski definition) is 6. The Kier molecular flexibility index (Phi) is 5.09. The van der Waals surface area contributed by atoms with E-state index >= 15 is 0 Å². The molecule has 2 rings (SSSR count). The summed E-state index contributed by atoms with van der Waals surface area (Å²) in [6.45, 7) is -0.330. The maximum atomic E-state index is 10.3. The van der Waals surface area contributed by atoms with Crippen molar-refractivity contribution in [3.63, 3.8) is 0 Å². The van der Waals surface area contributed by atoms with Gasteiger partial charge < -0.3 is 29.9 Å². The van der Waals surface area contributed by atoms with E-state index in [9.17, 15) is 15.3 Å². The van der Waals surface area contributed by atoms with Gasteiger partial charge >= 0.3 is 0 Å². The highest BCUT2D eigenvalue weighted by molar-refractivity contribution is 5.13. The third kappa shape index (κ3) is 3.35. The molecule has 20 heavy (non-hydrogen) atoms. The summed E-state index contributed by atoms with van der Waals surface area (Å²) in [4.78, 5) is 0. The first-order valence-electron chi connectivity index (χ1n) is 6.52. The Balaban J connectivity index is 1.90. The first-order chi connectivity index (χ1) is 9.56. The van der Waals surface area contributed by atoms with Gasteiger partial charge in [-0.2, -0.15) is 0 Å². The maximum absolute atomic E-state index is 10.3. The standard InChI is InChI=1S/C14H20O6/c15-7-11-6-12(16)14(18,13(17)20-11)9-19-8-10-4-2-1-3-5-10/h1-5,11-13,15-18H,6-9H2/t11-,12-,13?,14-/m0/s1. The molecule has 6 nitrogen and oxygen atoms in total. The van der Waals surface area contributed by atoms with Gasteiger partial charge in [-0.1, -0.05) is 30.3 Å². The summed E-state index contributed by atoms with van der Waals surface area (Å²) < 4.78 is 10.4. The molecule has 1 heterocycles. The number of aliphatic hydroxyl groups excluding tert-OH is 3. The van der Waals surface area contributed by atoms with E-state index in [-0.39, 0.29) is 26.2 Å². The molecule has 1 aliphatic rings. The predicted molar refractivity (Wildman–Crippen MR) is 69.6 cm³/mol. The molecular weight excluding hydrogens is 264 g/mol. The largest absolute Gasteiger partial charge is 0.394 e. The quantitative estimate of drug-likeness (QED) is 0.576. The number of benzene rings is 1. The number of hydrogen-bond donors (Lipinski definition) is 4. The van der Waals surface area contributed by atoms with Crippen molar-refractivity contribution < 1.29 is 29.9 Å². The Hall–Kier alpha value is -1.02. The van der Waals surface area contributed by atoms with Crippen molar-refractivity contribution in [2.75, 3.05) is 13.2 Å².